The number of rotatable bonds is 27. The molecule has 4 amide bonds. The van der Waals surface area contributed by atoms with Gasteiger partial charge in [-0.05, 0) is 30.7 Å². The number of imidazole rings is 3. The molecule has 0 aliphatic heterocycles. The summed E-state index contributed by atoms with van der Waals surface area (Å²) in [4.78, 5) is 75.3. The predicted molar refractivity (Wildman–Crippen MR) is 207 cm³/mol. The number of unbranched alkanes of at least 4 members (excludes halogenated alkanes) is 8. The molecule has 9 N–H and O–H groups in total. The van der Waals surface area contributed by atoms with Crippen LogP contribution in [0.15, 0.2) is 61.8 Å². The lowest BCUT2D eigenvalue weighted by molar-refractivity contribution is -0.132. The molecule has 3 aromatic heterocycles. The summed E-state index contributed by atoms with van der Waals surface area (Å²) in [5, 5.41) is 29.7. The third kappa shape index (κ3) is 15.3. The van der Waals surface area contributed by atoms with Gasteiger partial charge in [0.05, 0.1) is 38.3 Å². The van der Waals surface area contributed by atoms with E-state index in [2.05, 4.69) is 58.1 Å². The van der Waals surface area contributed by atoms with E-state index in [0.717, 1.165) is 12.8 Å². The van der Waals surface area contributed by atoms with E-state index in [1.165, 1.54) is 82.5 Å². The van der Waals surface area contributed by atoms with Crippen LogP contribution < -0.4 is 26.0 Å². The molecule has 304 valence electrons. The van der Waals surface area contributed by atoms with E-state index in [9.17, 15) is 29.4 Å². The van der Waals surface area contributed by atoms with E-state index >= 15 is 0 Å². The summed E-state index contributed by atoms with van der Waals surface area (Å²) in [6.07, 6.45) is 18.7. The van der Waals surface area contributed by atoms with Crippen LogP contribution in [0.1, 0.15) is 92.2 Å². The Morgan fingerprint density at radius 3 is 1.59 bits per heavy atom. The van der Waals surface area contributed by atoms with E-state index < -0.39 is 54.5 Å². The number of aromatic amines is 3. The van der Waals surface area contributed by atoms with Crippen molar-refractivity contribution in [3.8, 4) is 5.75 Å². The number of amides is 4. The van der Waals surface area contributed by atoms with Crippen molar-refractivity contribution in [1.82, 2.24) is 51.2 Å². The number of nitrogens with one attached hydrogen (secondary N) is 7. The molecule has 1 aromatic carbocycles. The Balaban J connectivity index is 1.39. The molecule has 0 aliphatic carbocycles. The molecule has 17 nitrogen and oxygen atoms in total. The Labute approximate surface area is 326 Å². The minimum Gasteiger partial charge on any atom is -0.494 e. The molecular weight excluding hydrogens is 720 g/mol. The zero-order valence-corrected chi connectivity index (χ0v) is 32.0. The molecule has 1 unspecified atom stereocenters. The van der Waals surface area contributed by atoms with Gasteiger partial charge in [0.15, 0.2) is 0 Å². The van der Waals surface area contributed by atoms with Crippen LogP contribution in [0.3, 0.4) is 0 Å². The number of hydrogen-bond acceptors (Lipinski definition) is 10. The number of aliphatic hydroxyl groups is 2. The van der Waals surface area contributed by atoms with Crippen molar-refractivity contribution < 1.29 is 34.1 Å². The fourth-order valence-electron chi connectivity index (χ4n) is 5.97. The number of benzene rings is 1. The van der Waals surface area contributed by atoms with E-state index in [1.807, 2.05) is 0 Å². The highest BCUT2D eigenvalue weighted by Crippen LogP contribution is 2.15. The maximum Gasteiger partial charge on any atom is 0.251 e. The first-order valence-electron chi connectivity index (χ1n) is 19.4. The molecule has 0 aliphatic rings. The zero-order chi connectivity index (χ0) is 40.0. The van der Waals surface area contributed by atoms with Crippen LogP contribution in [0.2, 0.25) is 0 Å². The number of H-pyrrole nitrogens is 3. The van der Waals surface area contributed by atoms with Crippen molar-refractivity contribution in [2.24, 2.45) is 0 Å². The van der Waals surface area contributed by atoms with E-state index in [-0.39, 0.29) is 25.8 Å². The SMILES string of the molecule is CCCCCCCCCCCOc1ccc(C(=O)N[C@@H](Cc2cnc[nH]2)C(=O)N[C@@H](Cc2cnc[nH]2)C(=O)N[C@@H](Cc2cnc[nH]2)C(=O)NCC(O)CO)cc1. The van der Waals surface area contributed by atoms with Crippen molar-refractivity contribution in [2.45, 2.75) is 108 Å². The number of aromatic nitrogens is 6. The van der Waals surface area contributed by atoms with Crippen LogP contribution in [-0.4, -0.2) is 108 Å². The number of aliphatic hydroxyl groups excluding tert-OH is 2. The monoisotopic (exact) mass is 776 g/mol. The average Bonchev–Trinajstić information content (AvgIpc) is 4.03. The molecule has 0 bridgehead atoms. The van der Waals surface area contributed by atoms with Gasteiger partial charge in [-0.2, -0.15) is 0 Å². The first-order valence-corrected chi connectivity index (χ1v) is 19.4. The summed E-state index contributed by atoms with van der Waals surface area (Å²) >= 11 is 0. The van der Waals surface area contributed by atoms with Gasteiger partial charge in [0.1, 0.15) is 23.9 Å². The van der Waals surface area contributed by atoms with Gasteiger partial charge >= 0.3 is 0 Å². The number of hydrogen-bond donors (Lipinski definition) is 9. The summed E-state index contributed by atoms with van der Waals surface area (Å²) in [7, 11) is 0. The lowest BCUT2D eigenvalue weighted by atomic mass is 10.1. The van der Waals surface area contributed by atoms with Crippen molar-refractivity contribution >= 4 is 23.6 Å². The highest BCUT2D eigenvalue weighted by Gasteiger charge is 2.31. The highest BCUT2D eigenvalue weighted by atomic mass is 16.5. The molecule has 17 heteroatoms. The van der Waals surface area contributed by atoms with Crippen molar-refractivity contribution in [1.29, 1.82) is 0 Å². The van der Waals surface area contributed by atoms with Crippen LogP contribution >= 0.6 is 0 Å². The Bertz CT molecular complexity index is 1700. The highest BCUT2D eigenvalue weighted by molar-refractivity contribution is 5.99. The van der Waals surface area contributed by atoms with E-state index in [1.54, 1.807) is 24.3 Å². The fourth-order valence-corrected chi connectivity index (χ4v) is 5.97. The molecule has 4 aromatic rings. The van der Waals surface area contributed by atoms with Gasteiger partial charge < -0.3 is 51.2 Å². The molecular formula is C39H56N10O7. The first-order chi connectivity index (χ1) is 27.2. The number of carbonyl (C=O) groups is 4. The number of nitrogens with zero attached hydrogens (tertiary/aromatic N) is 3. The zero-order valence-electron chi connectivity index (χ0n) is 32.0. The summed E-state index contributed by atoms with van der Waals surface area (Å²) in [6, 6.07) is 3.21. The minimum atomic E-state index is -1.22. The first kappa shape index (κ1) is 43.2. The van der Waals surface area contributed by atoms with E-state index in [0.29, 0.717) is 35.0 Å². The third-order valence-corrected chi connectivity index (χ3v) is 9.18. The molecule has 0 radical (unpaired) electrons. The smallest absolute Gasteiger partial charge is 0.251 e. The normalized spacial score (nSPS) is 13.3. The van der Waals surface area contributed by atoms with Crippen LogP contribution in [0, 0.1) is 0 Å². The Kier molecular flexibility index (Phi) is 18.6. The second-order valence-corrected chi connectivity index (χ2v) is 13.8. The van der Waals surface area contributed by atoms with Crippen molar-refractivity contribution in [2.75, 3.05) is 19.8 Å². The summed E-state index contributed by atoms with van der Waals surface area (Å²) < 4.78 is 5.90. The van der Waals surface area contributed by atoms with Gasteiger partial charge in [-0.3, -0.25) is 19.2 Å². The molecule has 4 rings (SSSR count). The molecule has 0 saturated carbocycles. The maximum absolute atomic E-state index is 14.0. The maximum atomic E-state index is 14.0. The second-order valence-electron chi connectivity index (χ2n) is 13.8. The summed E-state index contributed by atoms with van der Waals surface area (Å²) in [5.41, 5.74) is 1.96. The van der Waals surface area contributed by atoms with Crippen molar-refractivity contribution in [3.05, 3.63) is 84.5 Å². The summed E-state index contributed by atoms with van der Waals surface area (Å²) in [5.74, 6) is -1.85. The van der Waals surface area contributed by atoms with Gasteiger partial charge in [0, 0.05) is 67.0 Å². The van der Waals surface area contributed by atoms with Gasteiger partial charge in [-0.15, -0.1) is 0 Å². The Morgan fingerprint density at radius 1 is 0.661 bits per heavy atom. The second kappa shape index (κ2) is 24.1. The Morgan fingerprint density at radius 2 is 1.12 bits per heavy atom. The minimum absolute atomic E-state index is 0.0130. The standard InChI is InChI=1S/C39H56N10O7/c1-2-3-4-5-6-7-8-9-10-15-56-32-13-11-27(12-14-32)36(52)47-34(17-29-20-41-25-45-29)38(54)49-35(18-30-21-42-26-46-30)39(55)48-33(16-28-19-40-24-44-28)37(53)43-22-31(51)23-50/h11-14,19-21,24-26,31,33-35,50-51H,2-10,15-18,22-23H2,1H3,(H,40,44)(H,41,45)(H,42,46)(H,43,53)(H,47,52)(H,48,55)(H,49,54)/t31?,33-,34-,35-/m0/s1. The molecule has 0 fully saturated rings. The van der Waals surface area contributed by atoms with Gasteiger partial charge in [0.2, 0.25) is 17.7 Å². The fraction of sp³-hybridized carbons (Fsp3) is 0.513. The largest absolute Gasteiger partial charge is 0.494 e. The van der Waals surface area contributed by atoms with Gasteiger partial charge in [-0.1, -0.05) is 58.3 Å². The molecule has 0 spiro atoms. The lowest BCUT2D eigenvalue weighted by Crippen LogP contribution is -2.58. The van der Waals surface area contributed by atoms with Gasteiger partial charge in [0.25, 0.3) is 5.91 Å². The molecule has 0 saturated heterocycles. The molecule has 4 atom stereocenters. The van der Waals surface area contributed by atoms with E-state index in [4.69, 9.17) is 4.74 Å². The quantitative estimate of drug-likeness (QED) is 0.0399. The molecule has 3 heterocycles. The van der Waals surface area contributed by atoms with Crippen LogP contribution in [-0.2, 0) is 33.6 Å². The average molecular weight is 777 g/mol. The third-order valence-electron chi connectivity index (χ3n) is 9.18. The number of ether oxygens (including phenoxy) is 1. The molecule has 56 heavy (non-hydrogen) atoms. The topological polar surface area (TPSA) is 252 Å². The van der Waals surface area contributed by atoms with Crippen LogP contribution in [0.4, 0.5) is 0 Å². The number of carbonyl (C=O) groups excluding carboxylic acids is 4. The van der Waals surface area contributed by atoms with Crippen LogP contribution in [0.5, 0.6) is 5.75 Å². The van der Waals surface area contributed by atoms with Crippen molar-refractivity contribution in [3.63, 3.8) is 0 Å². The van der Waals surface area contributed by atoms with Gasteiger partial charge in [-0.25, -0.2) is 15.0 Å². The lowest BCUT2D eigenvalue weighted by Gasteiger charge is -2.25. The summed E-state index contributed by atoms with van der Waals surface area (Å²) in [6.45, 7) is 2.00. The van der Waals surface area contributed by atoms with Crippen LogP contribution in [0.25, 0.3) is 0 Å². The Hall–Kier alpha value is -5.55. The predicted octanol–water partition coefficient (Wildman–Crippen LogP) is 2.03.